The molecule has 4 aliphatic rings. The molecule has 3 heterocycles. The van der Waals surface area contributed by atoms with Crippen LogP contribution in [0.5, 0.6) is 11.6 Å². The van der Waals surface area contributed by atoms with Crippen molar-refractivity contribution in [2.75, 3.05) is 18.9 Å². The molecule has 6 rings (SSSR count). The van der Waals surface area contributed by atoms with Gasteiger partial charge in [-0.15, -0.1) is 0 Å². The summed E-state index contributed by atoms with van der Waals surface area (Å²) in [7, 11) is -3.67. The van der Waals surface area contributed by atoms with Crippen molar-refractivity contribution in [2.24, 2.45) is 5.92 Å². The Balaban J connectivity index is 1.30. The van der Waals surface area contributed by atoms with Gasteiger partial charge in [0.25, 0.3) is 0 Å². The highest BCUT2D eigenvalue weighted by Gasteiger charge is 2.61. The lowest BCUT2D eigenvalue weighted by Gasteiger charge is -2.27. The van der Waals surface area contributed by atoms with Crippen molar-refractivity contribution in [2.45, 2.75) is 119 Å². The molecular weight excluding hydrogens is 692 g/mol. The molecule has 2 saturated carbocycles. The Morgan fingerprint density at radius 1 is 1.10 bits per heavy atom. The number of carbonyl (C=O) groups is 4. The van der Waals surface area contributed by atoms with Crippen LogP contribution in [0.4, 0.5) is 4.79 Å². The summed E-state index contributed by atoms with van der Waals surface area (Å²) in [5.41, 5.74) is -1.29. The number of carbonyl (C=O) groups excluding carboxylic acids is 3. The van der Waals surface area contributed by atoms with Crippen molar-refractivity contribution in [3.63, 3.8) is 0 Å². The average Bonchev–Trinajstić information content (AvgIpc) is 3.38. The molecule has 1 aromatic carbocycles. The Bertz CT molecular complexity index is 1830. The minimum Gasteiger partial charge on any atom is -0.488 e. The topological polar surface area (TPSA) is 191 Å². The number of carboxylic acids is 1. The molecule has 2 aliphatic carbocycles. The number of amides is 3. The van der Waals surface area contributed by atoms with Crippen molar-refractivity contribution in [1.29, 1.82) is 0 Å². The van der Waals surface area contributed by atoms with Crippen molar-refractivity contribution in [1.82, 2.24) is 20.5 Å². The van der Waals surface area contributed by atoms with Crippen LogP contribution in [0.3, 0.4) is 0 Å². The number of aliphatic carboxylic acids is 1. The highest BCUT2D eigenvalue weighted by Crippen LogP contribution is 2.45. The highest BCUT2D eigenvalue weighted by molar-refractivity contribution is 7.91. The lowest BCUT2D eigenvalue weighted by molar-refractivity contribution is -0.145. The predicted octanol–water partition coefficient (Wildman–Crippen LogP) is 4.29. The molecule has 2 aromatic rings. The number of rotatable bonds is 9. The number of hydrogen-bond acceptors (Lipinski definition) is 10. The molecule has 2 aliphatic heterocycles. The number of nitrogens with one attached hydrogen (secondary N) is 2. The number of carboxylic acid groups (broad SMARTS) is 1. The van der Waals surface area contributed by atoms with E-state index in [1.807, 2.05) is 12.2 Å². The van der Waals surface area contributed by atoms with Gasteiger partial charge in [-0.05, 0) is 70.4 Å². The van der Waals surface area contributed by atoms with Gasteiger partial charge >= 0.3 is 12.1 Å². The van der Waals surface area contributed by atoms with Crippen LogP contribution in [0, 0.1) is 5.92 Å². The maximum Gasteiger partial charge on any atom is 0.407 e. The van der Waals surface area contributed by atoms with E-state index in [9.17, 15) is 32.7 Å². The number of benzene rings is 1. The molecule has 1 saturated heterocycles. The van der Waals surface area contributed by atoms with Crippen LogP contribution in [-0.2, 0) is 29.0 Å². The number of sulfone groups is 1. The van der Waals surface area contributed by atoms with E-state index in [4.69, 9.17) is 14.2 Å². The largest absolute Gasteiger partial charge is 0.488 e. The van der Waals surface area contributed by atoms with Crippen molar-refractivity contribution in [3.05, 3.63) is 36.4 Å². The second-order valence-corrected chi connectivity index (χ2v) is 16.4. The number of allylic oxidation sites excluding steroid dienone is 1. The molecule has 0 spiro atoms. The lowest BCUT2D eigenvalue weighted by atomic mass is 10.0. The first-order valence-corrected chi connectivity index (χ1v) is 20.0. The number of pyridine rings is 1. The molecule has 52 heavy (non-hydrogen) atoms. The third-order valence-corrected chi connectivity index (χ3v) is 12.3. The van der Waals surface area contributed by atoms with E-state index >= 15 is 0 Å². The van der Waals surface area contributed by atoms with Gasteiger partial charge in [-0.3, -0.25) is 9.59 Å². The summed E-state index contributed by atoms with van der Waals surface area (Å²) in [6.45, 7) is 3.57. The summed E-state index contributed by atoms with van der Waals surface area (Å²) in [5, 5.41) is 16.2. The molecular formula is C37H48N4O10S. The third-order valence-electron chi connectivity index (χ3n) is 10.5. The number of para-hydroxylation sites is 1. The standard InChI is InChI=1S/C37H48N4O10S/c1-3-49-31-20-29(27-16-11-17-30(33(27)39-31)52(47,48)4-2)50-26-19-28-34(43)40-37(35(44)45)21-23(37)12-7-5-6-8-13-24(18-32(42)41(28)22-26)38-36(46)51-25-14-9-10-15-25/h7,11-12,16-17,20,23-26,28H,3-6,8-10,13-15,18-19,21-22H2,1-2H3,(H,38,46)(H,40,43)(H,44,45)/b12-7-/t23-,24-,26+,28-,37+/m0/s1. The third kappa shape index (κ3) is 8.13. The van der Waals surface area contributed by atoms with Gasteiger partial charge in [-0.2, -0.15) is 0 Å². The molecule has 3 amide bonds. The summed E-state index contributed by atoms with van der Waals surface area (Å²) in [4.78, 5) is 59.4. The summed E-state index contributed by atoms with van der Waals surface area (Å²) in [6, 6.07) is 4.72. The van der Waals surface area contributed by atoms with E-state index in [-0.39, 0.29) is 72.2 Å². The Kier molecular flexibility index (Phi) is 11.3. The van der Waals surface area contributed by atoms with Crippen LogP contribution in [-0.4, -0.2) is 96.0 Å². The Labute approximate surface area is 303 Å². The van der Waals surface area contributed by atoms with Gasteiger partial charge < -0.3 is 34.9 Å². The normalized spacial score (nSPS) is 27.8. The fourth-order valence-electron chi connectivity index (χ4n) is 7.57. The van der Waals surface area contributed by atoms with Crippen LogP contribution >= 0.6 is 0 Å². The zero-order valence-electron chi connectivity index (χ0n) is 29.7. The molecule has 0 radical (unpaired) electrons. The Hall–Kier alpha value is -4.40. The maximum absolute atomic E-state index is 14.1. The molecule has 5 atom stereocenters. The van der Waals surface area contributed by atoms with Gasteiger partial charge in [0, 0.05) is 36.3 Å². The van der Waals surface area contributed by atoms with Gasteiger partial charge in [-0.25, -0.2) is 23.0 Å². The number of hydrogen-bond donors (Lipinski definition) is 3. The van der Waals surface area contributed by atoms with Crippen molar-refractivity contribution >= 4 is 44.6 Å². The first-order valence-electron chi connectivity index (χ1n) is 18.4. The molecule has 3 fully saturated rings. The molecule has 0 unspecified atom stereocenters. The van der Waals surface area contributed by atoms with Crippen LogP contribution in [0.1, 0.15) is 84.5 Å². The zero-order valence-corrected chi connectivity index (χ0v) is 30.5. The number of alkyl carbamates (subject to hydrolysis) is 1. The van der Waals surface area contributed by atoms with Gasteiger partial charge in [0.2, 0.25) is 17.7 Å². The number of fused-ring (bicyclic) bond motifs is 3. The number of nitrogens with zero attached hydrogens (tertiary/aromatic N) is 2. The van der Waals surface area contributed by atoms with E-state index in [1.54, 1.807) is 32.0 Å². The molecule has 282 valence electrons. The van der Waals surface area contributed by atoms with Gasteiger partial charge in [-0.1, -0.05) is 31.6 Å². The second-order valence-electron chi connectivity index (χ2n) is 14.1. The van der Waals surface area contributed by atoms with Crippen LogP contribution in [0.15, 0.2) is 41.3 Å². The first kappa shape index (κ1) is 37.4. The van der Waals surface area contributed by atoms with Gasteiger partial charge in [0.1, 0.15) is 29.5 Å². The monoisotopic (exact) mass is 740 g/mol. The fourth-order valence-corrected chi connectivity index (χ4v) is 8.62. The minimum absolute atomic E-state index is 0.0136. The van der Waals surface area contributed by atoms with Crippen molar-refractivity contribution < 1.29 is 46.9 Å². The molecule has 14 nitrogen and oxygen atoms in total. The molecule has 15 heteroatoms. The van der Waals surface area contributed by atoms with E-state index in [0.717, 1.165) is 32.1 Å². The zero-order chi connectivity index (χ0) is 37.0. The predicted molar refractivity (Wildman–Crippen MR) is 190 cm³/mol. The Morgan fingerprint density at radius 2 is 1.87 bits per heavy atom. The first-order chi connectivity index (χ1) is 24.9. The minimum atomic E-state index is -3.67. The molecule has 3 N–H and O–H groups in total. The molecule has 1 aromatic heterocycles. The van der Waals surface area contributed by atoms with Gasteiger partial charge in [0.05, 0.1) is 29.3 Å². The van der Waals surface area contributed by atoms with E-state index < -0.39 is 57.4 Å². The van der Waals surface area contributed by atoms with E-state index in [0.29, 0.717) is 24.6 Å². The van der Waals surface area contributed by atoms with Gasteiger partial charge in [0.15, 0.2) is 9.84 Å². The summed E-state index contributed by atoms with van der Waals surface area (Å²) in [6.07, 6.45) is 8.81. The van der Waals surface area contributed by atoms with Crippen LogP contribution < -0.4 is 20.1 Å². The van der Waals surface area contributed by atoms with Crippen LogP contribution in [0.2, 0.25) is 0 Å². The quantitative estimate of drug-likeness (QED) is 0.311. The Morgan fingerprint density at radius 3 is 2.60 bits per heavy atom. The van der Waals surface area contributed by atoms with E-state index in [2.05, 4.69) is 15.6 Å². The van der Waals surface area contributed by atoms with Crippen molar-refractivity contribution in [3.8, 4) is 11.6 Å². The summed E-state index contributed by atoms with van der Waals surface area (Å²) in [5.74, 6) is -2.24. The average molecular weight is 741 g/mol. The van der Waals surface area contributed by atoms with Crippen LogP contribution in [0.25, 0.3) is 10.9 Å². The summed E-state index contributed by atoms with van der Waals surface area (Å²) < 4.78 is 43.8. The highest BCUT2D eigenvalue weighted by atomic mass is 32.2. The SMILES string of the molecule is CCOc1cc(O[C@@H]2C[C@H]3C(=O)N[C@]4(C(=O)O)C[C@@H]4/C=C\CCCC[C@H](NC(=O)OC4CCCC4)CC(=O)N3C2)c2cccc(S(=O)(=O)CC)c2n1. The summed E-state index contributed by atoms with van der Waals surface area (Å²) >= 11 is 0. The fraction of sp³-hybridized carbons (Fsp3) is 0.595. The smallest absolute Gasteiger partial charge is 0.407 e. The second kappa shape index (κ2) is 15.7. The molecule has 0 bridgehead atoms. The lowest BCUT2D eigenvalue weighted by Crippen LogP contribution is -2.53. The maximum atomic E-state index is 14.1. The number of ether oxygens (including phenoxy) is 3. The van der Waals surface area contributed by atoms with E-state index in [1.165, 1.54) is 11.0 Å². The number of aromatic nitrogens is 1.